The summed E-state index contributed by atoms with van der Waals surface area (Å²) in [6, 6.07) is 26.4. The third kappa shape index (κ3) is 5.63. The maximum Gasteiger partial charge on any atom is 0.224 e. The summed E-state index contributed by atoms with van der Waals surface area (Å²) in [7, 11) is 0. The van der Waals surface area contributed by atoms with Crippen LogP contribution in [0.2, 0.25) is 0 Å². The van der Waals surface area contributed by atoms with Gasteiger partial charge in [0.05, 0.1) is 24.2 Å². The van der Waals surface area contributed by atoms with Gasteiger partial charge in [-0.05, 0) is 48.4 Å². The van der Waals surface area contributed by atoms with E-state index in [1.807, 2.05) is 60.7 Å². The first-order valence-electron chi connectivity index (χ1n) is 12.4. The standard InChI is InChI=1S/C29H30N4O3/c34-28(16-17-29(35)32-18-20-36-21-19-32)30-23-13-10-22(11-14-23)12-15-27-31-25-8-4-5-9-26(25)33(27)24-6-2-1-3-7-24/h1-11,13-14H,12,15-21H2,(H,30,34). The van der Waals surface area contributed by atoms with E-state index in [1.54, 1.807) is 4.90 Å². The molecule has 7 nitrogen and oxygen atoms in total. The molecule has 0 atom stereocenters. The molecule has 1 fully saturated rings. The highest BCUT2D eigenvalue weighted by molar-refractivity contribution is 5.93. The van der Waals surface area contributed by atoms with Crippen LogP contribution in [0.5, 0.6) is 0 Å². The summed E-state index contributed by atoms with van der Waals surface area (Å²) < 4.78 is 7.49. The van der Waals surface area contributed by atoms with Crippen LogP contribution in [0.1, 0.15) is 24.2 Å². The van der Waals surface area contributed by atoms with Crippen molar-refractivity contribution in [3.63, 3.8) is 0 Å². The van der Waals surface area contributed by atoms with Gasteiger partial charge in [0.15, 0.2) is 0 Å². The molecule has 2 amide bonds. The van der Waals surface area contributed by atoms with Crippen LogP contribution in [-0.4, -0.2) is 52.6 Å². The molecule has 1 N–H and O–H groups in total. The molecule has 0 bridgehead atoms. The summed E-state index contributed by atoms with van der Waals surface area (Å²) in [5, 5.41) is 2.90. The number of amides is 2. The predicted molar refractivity (Wildman–Crippen MR) is 140 cm³/mol. The molecule has 3 aromatic carbocycles. The van der Waals surface area contributed by atoms with Crippen molar-refractivity contribution in [1.29, 1.82) is 0 Å². The zero-order valence-corrected chi connectivity index (χ0v) is 20.2. The molecule has 1 saturated heterocycles. The highest BCUT2D eigenvalue weighted by atomic mass is 16.5. The summed E-state index contributed by atoms with van der Waals surface area (Å²) in [5.41, 5.74) is 5.10. The molecule has 1 aromatic heterocycles. The van der Waals surface area contributed by atoms with Gasteiger partial charge >= 0.3 is 0 Å². The summed E-state index contributed by atoms with van der Waals surface area (Å²) >= 11 is 0. The Morgan fingerprint density at radius 1 is 0.833 bits per heavy atom. The van der Waals surface area contributed by atoms with Crippen molar-refractivity contribution < 1.29 is 14.3 Å². The first kappa shape index (κ1) is 23.8. The van der Waals surface area contributed by atoms with Gasteiger partial charge in [0.25, 0.3) is 0 Å². The van der Waals surface area contributed by atoms with Crippen molar-refractivity contribution in [3.8, 4) is 5.69 Å². The van der Waals surface area contributed by atoms with Crippen LogP contribution in [0.4, 0.5) is 5.69 Å². The van der Waals surface area contributed by atoms with Gasteiger partial charge in [-0.15, -0.1) is 0 Å². The molecule has 0 spiro atoms. The van der Waals surface area contributed by atoms with Crippen LogP contribution in [0.15, 0.2) is 78.9 Å². The van der Waals surface area contributed by atoms with Crippen LogP contribution in [0, 0.1) is 0 Å². The number of hydrogen-bond donors (Lipinski definition) is 1. The number of rotatable bonds is 8. The zero-order valence-electron chi connectivity index (χ0n) is 20.2. The fraction of sp³-hybridized carbons (Fsp3) is 0.276. The SMILES string of the molecule is O=C(CCC(=O)N1CCOCC1)Nc1ccc(CCc2nc3ccccc3n2-c2ccccc2)cc1. The third-order valence-corrected chi connectivity index (χ3v) is 6.45. The van der Waals surface area contributed by atoms with Crippen LogP contribution in [0.25, 0.3) is 16.7 Å². The number of imidazole rings is 1. The number of aromatic nitrogens is 2. The van der Waals surface area contributed by atoms with Crippen LogP contribution in [0.3, 0.4) is 0 Å². The molecule has 2 heterocycles. The smallest absolute Gasteiger partial charge is 0.224 e. The molecule has 1 aliphatic rings. The Balaban J connectivity index is 1.18. The Labute approximate surface area is 210 Å². The van der Waals surface area contributed by atoms with E-state index >= 15 is 0 Å². The number of nitrogens with one attached hydrogen (secondary N) is 1. The van der Waals surface area contributed by atoms with Crippen molar-refractivity contribution in [3.05, 3.63) is 90.3 Å². The first-order valence-corrected chi connectivity index (χ1v) is 12.4. The van der Waals surface area contributed by atoms with Gasteiger partial charge in [0.1, 0.15) is 5.82 Å². The van der Waals surface area contributed by atoms with Gasteiger partial charge in [-0.25, -0.2) is 4.98 Å². The monoisotopic (exact) mass is 482 g/mol. The number of ether oxygens (including phenoxy) is 1. The van der Waals surface area contributed by atoms with Gasteiger partial charge in [-0.3, -0.25) is 14.2 Å². The lowest BCUT2D eigenvalue weighted by Gasteiger charge is -2.26. The molecule has 4 aromatic rings. The van der Waals surface area contributed by atoms with E-state index in [0.29, 0.717) is 26.3 Å². The molecule has 184 valence electrons. The predicted octanol–water partition coefficient (Wildman–Crippen LogP) is 4.39. The maximum atomic E-state index is 12.3. The largest absolute Gasteiger partial charge is 0.378 e. The van der Waals surface area contributed by atoms with Gasteiger partial charge in [0.2, 0.25) is 11.8 Å². The summed E-state index contributed by atoms with van der Waals surface area (Å²) in [4.78, 5) is 31.2. The Kier molecular flexibility index (Phi) is 7.38. The molecule has 1 aliphatic heterocycles. The van der Waals surface area contributed by atoms with E-state index in [1.165, 1.54) is 5.56 Å². The number of aryl methyl sites for hydroxylation is 2. The highest BCUT2D eigenvalue weighted by Crippen LogP contribution is 2.23. The highest BCUT2D eigenvalue weighted by Gasteiger charge is 2.18. The molecule has 5 rings (SSSR count). The Bertz CT molecular complexity index is 1330. The van der Waals surface area contributed by atoms with Crippen LogP contribution >= 0.6 is 0 Å². The number of carbonyl (C=O) groups excluding carboxylic acids is 2. The number of nitrogens with zero attached hydrogens (tertiary/aromatic N) is 3. The van der Waals surface area contributed by atoms with Crippen LogP contribution in [-0.2, 0) is 27.2 Å². The molecule has 36 heavy (non-hydrogen) atoms. The molecule has 0 saturated carbocycles. The number of fused-ring (bicyclic) bond motifs is 1. The Morgan fingerprint density at radius 3 is 2.33 bits per heavy atom. The zero-order chi connectivity index (χ0) is 24.7. The molecule has 0 unspecified atom stereocenters. The average Bonchev–Trinajstić information content (AvgIpc) is 3.31. The molecule has 7 heteroatoms. The number of morpholine rings is 1. The summed E-state index contributed by atoms with van der Waals surface area (Å²) in [5.74, 6) is 0.871. The summed E-state index contributed by atoms with van der Waals surface area (Å²) in [6.07, 6.45) is 2.01. The minimum atomic E-state index is -0.152. The van der Waals surface area contributed by atoms with E-state index in [2.05, 4.69) is 28.1 Å². The molecule has 0 radical (unpaired) electrons. The minimum absolute atomic E-state index is 0.00493. The van der Waals surface area contributed by atoms with E-state index in [0.717, 1.165) is 41.1 Å². The Morgan fingerprint density at radius 2 is 1.56 bits per heavy atom. The second kappa shape index (κ2) is 11.2. The topological polar surface area (TPSA) is 76.5 Å². The van der Waals surface area contributed by atoms with Gasteiger partial charge < -0.3 is 15.0 Å². The lowest BCUT2D eigenvalue weighted by molar-refractivity contribution is -0.136. The second-order valence-electron chi connectivity index (χ2n) is 8.93. The lowest BCUT2D eigenvalue weighted by atomic mass is 10.1. The van der Waals surface area contributed by atoms with E-state index in [4.69, 9.17) is 9.72 Å². The van der Waals surface area contributed by atoms with Crippen molar-refractivity contribution in [1.82, 2.24) is 14.5 Å². The second-order valence-corrected chi connectivity index (χ2v) is 8.93. The normalized spacial score (nSPS) is 13.6. The first-order chi connectivity index (χ1) is 17.7. The minimum Gasteiger partial charge on any atom is -0.378 e. The van der Waals surface area contributed by atoms with Crippen LogP contribution < -0.4 is 5.32 Å². The van der Waals surface area contributed by atoms with Gasteiger partial charge in [-0.1, -0.05) is 42.5 Å². The van der Waals surface area contributed by atoms with Crippen molar-refractivity contribution >= 4 is 28.5 Å². The maximum absolute atomic E-state index is 12.3. The van der Waals surface area contributed by atoms with Crippen molar-refractivity contribution in [2.24, 2.45) is 0 Å². The number of carbonyl (C=O) groups is 2. The van der Waals surface area contributed by atoms with Gasteiger partial charge in [-0.2, -0.15) is 0 Å². The summed E-state index contributed by atoms with van der Waals surface area (Å²) in [6.45, 7) is 2.33. The molecular formula is C29H30N4O3. The Hall–Kier alpha value is -3.97. The van der Waals surface area contributed by atoms with Crippen molar-refractivity contribution in [2.75, 3.05) is 31.6 Å². The molecular weight excluding hydrogens is 452 g/mol. The quantitative estimate of drug-likeness (QED) is 0.404. The number of para-hydroxylation sites is 3. The average molecular weight is 483 g/mol. The van der Waals surface area contributed by atoms with E-state index < -0.39 is 0 Å². The lowest BCUT2D eigenvalue weighted by Crippen LogP contribution is -2.40. The van der Waals surface area contributed by atoms with E-state index in [-0.39, 0.29) is 24.7 Å². The third-order valence-electron chi connectivity index (χ3n) is 6.45. The fourth-order valence-corrected chi connectivity index (χ4v) is 4.53. The number of anilines is 1. The molecule has 0 aliphatic carbocycles. The van der Waals surface area contributed by atoms with Gasteiger partial charge in [0, 0.05) is 43.7 Å². The number of hydrogen-bond acceptors (Lipinski definition) is 4. The number of benzene rings is 3. The van der Waals surface area contributed by atoms with Crippen molar-refractivity contribution in [2.45, 2.75) is 25.7 Å². The fourth-order valence-electron chi connectivity index (χ4n) is 4.53. The van der Waals surface area contributed by atoms with E-state index in [9.17, 15) is 9.59 Å².